The summed E-state index contributed by atoms with van der Waals surface area (Å²) < 4.78 is 5.09. The second-order valence-electron chi connectivity index (χ2n) is 7.23. The molecule has 0 saturated carbocycles. The average molecular weight is 450 g/mol. The van der Waals surface area contributed by atoms with Crippen LogP contribution in [0.1, 0.15) is 22.7 Å². The minimum Gasteiger partial charge on any atom is -0.389 e. The van der Waals surface area contributed by atoms with Crippen LogP contribution in [0.15, 0.2) is 29.2 Å². The number of aliphatic hydroxyl groups is 1. The number of anilines is 1. The van der Waals surface area contributed by atoms with Gasteiger partial charge in [0.15, 0.2) is 0 Å². The highest BCUT2D eigenvalue weighted by atomic mass is 35.5. The molecular weight excluding hydrogens is 426 g/mol. The number of methoxy groups -OCH3 is 1. The van der Waals surface area contributed by atoms with Gasteiger partial charge >= 0.3 is 0 Å². The molecule has 5 nitrogen and oxygen atoms in total. The van der Waals surface area contributed by atoms with E-state index in [1.165, 1.54) is 16.9 Å². The zero-order chi connectivity index (χ0) is 20.4. The van der Waals surface area contributed by atoms with Crippen LogP contribution < -0.4 is 4.90 Å². The van der Waals surface area contributed by atoms with Crippen molar-refractivity contribution in [2.45, 2.75) is 36.0 Å². The standard InChI is InChI=1S/C21H24ClN3O2S2/c1-25(10-14(26)11-27-2)20-19-16-4-3-5-17(16)29-21(19)24-18(23-20)12-28-15-8-6-13(22)7-9-15/h6-9,14,26H,3-5,10-12H2,1-2H3/t14-/m1/s1. The minimum atomic E-state index is -0.561. The molecule has 2 heterocycles. The number of thioether (sulfide) groups is 1. The van der Waals surface area contributed by atoms with E-state index in [-0.39, 0.29) is 0 Å². The molecule has 0 aliphatic heterocycles. The van der Waals surface area contributed by atoms with Crippen molar-refractivity contribution in [3.63, 3.8) is 0 Å². The highest BCUT2D eigenvalue weighted by Crippen LogP contribution is 2.40. The van der Waals surface area contributed by atoms with Gasteiger partial charge in [0.1, 0.15) is 16.5 Å². The number of aromatic nitrogens is 2. The van der Waals surface area contributed by atoms with Crippen LogP contribution >= 0.6 is 34.7 Å². The molecular formula is C21H24ClN3O2S2. The molecule has 0 bridgehead atoms. The zero-order valence-electron chi connectivity index (χ0n) is 16.5. The Morgan fingerprint density at radius 3 is 2.83 bits per heavy atom. The lowest BCUT2D eigenvalue weighted by Gasteiger charge is -2.23. The van der Waals surface area contributed by atoms with E-state index in [1.54, 1.807) is 30.2 Å². The van der Waals surface area contributed by atoms with Crippen LogP contribution in [0.4, 0.5) is 5.82 Å². The van der Waals surface area contributed by atoms with E-state index in [0.717, 1.165) is 44.6 Å². The fourth-order valence-corrected chi connectivity index (χ4v) is 5.84. The molecule has 1 aromatic carbocycles. The number of nitrogens with zero attached hydrogens (tertiary/aromatic N) is 3. The predicted molar refractivity (Wildman–Crippen MR) is 122 cm³/mol. The van der Waals surface area contributed by atoms with Crippen molar-refractivity contribution in [2.24, 2.45) is 0 Å². The SMILES string of the molecule is COC[C@H](O)CN(C)c1nc(CSc2ccc(Cl)cc2)nc2sc3c(c12)CCC3. The first-order valence-electron chi connectivity index (χ1n) is 9.63. The number of likely N-dealkylation sites (N-methyl/N-ethyl adjacent to an activating group) is 1. The topological polar surface area (TPSA) is 58.5 Å². The molecule has 0 saturated heterocycles. The molecule has 3 aromatic rings. The minimum absolute atomic E-state index is 0.305. The van der Waals surface area contributed by atoms with Crippen LogP contribution in [0.25, 0.3) is 10.2 Å². The highest BCUT2D eigenvalue weighted by molar-refractivity contribution is 7.98. The van der Waals surface area contributed by atoms with Crippen LogP contribution in [0.5, 0.6) is 0 Å². The van der Waals surface area contributed by atoms with Crippen LogP contribution in [0.3, 0.4) is 0 Å². The maximum atomic E-state index is 10.2. The molecule has 0 fully saturated rings. The summed E-state index contributed by atoms with van der Waals surface area (Å²) >= 11 is 9.47. The Balaban J connectivity index is 1.64. The molecule has 0 unspecified atom stereocenters. The van der Waals surface area contributed by atoms with E-state index in [0.29, 0.717) is 18.9 Å². The third-order valence-corrected chi connectivity index (χ3v) is 7.42. The number of ether oxygens (including phenoxy) is 1. The number of fused-ring (bicyclic) bond motifs is 3. The quantitative estimate of drug-likeness (QED) is 0.508. The van der Waals surface area contributed by atoms with Gasteiger partial charge in [0, 0.05) is 35.5 Å². The number of hydrogen-bond donors (Lipinski definition) is 1. The number of aryl methyl sites for hydroxylation is 2. The molecule has 1 aliphatic carbocycles. The number of thiophene rings is 1. The lowest BCUT2D eigenvalue weighted by molar-refractivity contribution is 0.0694. The monoisotopic (exact) mass is 449 g/mol. The second-order valence-corrected chi connectivity index (χ2v) is 9.80. The lowest BCUT2D eigenvalue weighted by Crippen LogP contribution is -2.32. The number of hydrogen-bond acceptors (Lipinski definition) is 7. The smallest absolute Gasteiger partial charge is 0.142 e. The lowest BCUT2D eigenvalue weighted by atomic mass is 10.2. The van der Waals surface area contributed by atoms with E-state index in [1.807, 2.05) is 36.2 Å². The van der Waals surface area contributed by atoms with Crippen molar-refractivity contribution in [3.8, 4) is 0 Å². The van der Waals surface area contributed by atoms with Gasteiger partial charge < -0.3 is 14.7 Å². The van der Waals surface area contributed by atoms with Gasteiger partial charge in [-0.15, -0.1) is 23.1 Å². The van der Waals surface area contributed by atoms with Crippen LogP contribution in [0, 0.1) is 0 Å². The number of aliphatic hydroxyl groups excluding tert-OH is 1. The fraction of sp³-hybridized carbons (Fsp3) is 0.429. The summed E-state index contributed by atoms with van der Waals surface area (Å²) in [6, 6.07) is 7.82. The fourth-order valence-electron chi connectivity index (χ4n) is 3.69. The third kappa shape index (κ3) is 4.70. The normalized spacial score (nSPS) is 14.3. The van der Waals surface area contributed by atoms with Gasteiger partial charge in [-0.1, -0.05) is 11.6 Å². The van der Waals surface area contributed by atoms with Crippen molar-refractivity contribution in [1.29, 1.82) is 0 Å². The molecule has 4 rings (SSSR count). The van der Waals surface area contributed by atoms with E-state index in [2.05, 4.69) is 0 Å². The first-order chi connectivity index (χ1) is 14.0. The molecule has 0 spiro atoms. The third-order valence-electron chi connectivity index (χ3n) is 4.98. The van der Waals surface area contributed by atoms with Crippen LogP contribution in [-0.2, 0) is 23.3 Å². The van der Waals surface area contributed by atoms with Crippen molar-refractivity contribution in [1.82, 2.24) is 9.97 Å². The first-order valence-corrected chi connectivity index (χ1v) is 11.8. The van der Waals surface area contributed by atoms with E-state index in [4.69, 9.17) is 26.3 Å². The molecule has 0 amide bonds. The van der Waals surface area contributed by atoms with Crippen molar-refractivity contribution in [3.05, 3.63) is 45.6 Å². The molecule has 1 aliphatic rings. The highest BCUT2D eigenvalue weighted by Gasteiger charge is 2.24. The molecule has 1 atom stereocenters. The van der Waals surface area contributed by atoms with Gasteiger partial charge in [-0.05, 0) is 49.1 Å². The Kier molecular flexibility index (Phi) is 6.61. The number of halogens is 1. The molecule has 8 heteroatoms. The summed E-state index contributed by atoms with van der Waals surface area (Å²) in [6.45, 7) is 0.772. The number of rotatable bonds is 8. The van der Waals surface area contributed by atoms with Crippen molar-refractivity contribution < 1.29 is 9.84 Å². The van der Waals surface area contributed by atoms with Gasteiger partial charge in [0.2, 0.25) is 0 Å². The average Bonchev–Trinajstić information content (AvgIpc) is 3.28. The number of benzene rings is 1. The Morgan fingerprint density at radius 1 is 1.28 bits per heavy atom. The Bertz CT molecular complexity index is 994. The van der Waals surface area contributed by atoms with Crippen LogP contribution in [0.2, 0.25) is 5.02 Å². The molecule has 1 N–H and O–H groups in total. The Morgan fingerprint density at radius 2 is 2.07 bits per heavy atom. The van der Waals surface area contributed by atoms with Gasteiger partial charge in [0.25, 0.3) is 0 Å². The summed E-state index contributed by atoms with van der Waals surface area (Å²) in [5.74, 6) is 2.40. The molecule has 29 heavy (non-hydrogen) atoms. The van der Waals surface area contributed by atoms with E-state index >= 15 is 0 Å². The first kappa shape index (κ1) is 20.9. The maximum absolute atomic E-state index is 10.2. The summed E-state index contributed by atoms with van der Waals surface area (Å²) in [4.78, 5) is 15.5. The second kappa shape index (κ2) is 9.18. The Labute approximate surface area is 184 Å². The van der Waals surface area contributed by atoms with Gasteiger partial charge in [-0.3, -0.25) is 0 Å². The molecule has 0 radical (unpaired) electrons. The molecule has 2 aromatic heterocycles. The van der Waals surface area contributed by atoms with Crippen LogP contribution in [-0.4, -0.2) is 48.5 Å². The summed E-state index contributed by atoms with van der Waals surface area (Å²) in [5.41, 5.74) is 1.39. The zero-order valence-corrected chi connectivity index (χ0v) is 18.9. The van der Waals surface area contributed by atoms with Gasteiger partial charge in [0.05, 0.1) is 23.8 Å². The van der Waals surface area contributed by atoms with Gasteiger partial charge in [-0.2, -0.15) is 0 Å². The summed E-state index contributed by atoms with van der Waals surface area (Å²) in [5, 5.41) is 12.1. The summed E-state index contributed by atoms with van der Waals surface area (Å²) in [6.07, 6.45) is 2.84. The van der Waals surface area contributed by atoms with Crippen molar-refractivity contribution >= 4 is 50.7 Å². The largest absolute Gasteiger partial charge is 0.389 e. The summed E-state index contributed by atoms with van der Waals surface area (Å²) in [7, 11) is 3.58. The van der Waals surface area contributed by atoms with Gasteiger partial charge in [-0.25, -0.2) is 9.97 Å². The Hall–Kier alpha value is -1.38. The predicted octanol–water partition coefficient (Wildman–Crippen LogP) is 4.57. The molecule has 154 valence electrons. The van der Waals surface area contributed by atoms with E-state index < -0.39 is 6.10 Å². The van der Waals surface area contributed by atoms with E-state index in [9.17, 15) is 5.11 Å². The maximum Gasteiger partial charge on any atom is 0.142 e. The van der Waals surface area contributed by atoms with Crippen molar-refractivity contribution in [2.75, 3.05) is 32.2 Å².